The van der Waals surface area contributed by atoms with E-state index in [-0.39, 0.29) is 23.7 Å². The van der Waals surface area contributed by atoms with E-state index in [2.05, 4.69) is 38.3 Å². The number of aliphatic imine (C=N–C) groups is 1. The summed E-state index contributed by atoms with van der Waals surface area (Å²) < 4.78 is 39.1. The Kier molecular flexibility index (Phi) is 10.9. The van der Waals surface area contributed by atoms with Gasteiger partial charge in [-0.25, -0.2) is 19.6 Å². The number of nitrogens with zero attached hydrogens (tertiary/aromatic N) is 1. The summed E-state index contributed by atoms with van der Waals surface area (Å²) in [5.41, 5.74) is -0.590. The van der Waals surface area contributed by atoms with E-state index in [4.69, 9.17) is 76.2 Å². The first-order chi connectivity index (χ1) is 26.8. The van der Waals surface area contributed by atoms with Crippen LogP contribution in [-0.4, -0.2) is 80.2 Å². The summed E-state index contributed by atoms with van der Waals surface area (Å²) in [5, 5.41) is 7.78. The van der Waals surface area contributed by atoms with Crippen LogP contribution in [0.15, 0.2) is 23.2 Å². The fourth-order valence-electron chi connectivity index (χ4n) is 11.7. The summed E-state index contributed by atoms with van der Waals surface area (Å²) in [7, 11) is 0. The van der Waals surface area contributed by atoms with Crippen molar-refractivity contribution >= 4 is 34.8 Å². The predicted octanol–water partition coefficient (Wildman–Crippen LogP) is 7.80. The molecule has 2 saturated carbocycles. The van der Waals surface area contributed by atoms with Crippen molar-refractivity contribution in [2.24, 2.45) is 52.3 Å². The molecule has 1 aromatic carbocycles. The van der Waals surface area contributed by atoms with E-state index in [0.29, 0.717) is 71.7 Å². The molecular formula is C41H59Cl2N3O10. The summed E-state index contributed by atoms with van der Waals surface area (Å²) in [4.78, 5) is 29.4. The lowest BCUT2D eigenvalue weighted by molar-refractivity contribution is -0.577. The average molecular weight is 825 g/mol. The van der Waals surface area contributed by atoms with Crippen molar-refractivity contribution < 1.29 is 48.0 Å². The molecular weight excluding hydrogens is 765 g/mol. The summed E-state index contributed by atoms with van der Waals surface area (Å²) in [6.45, 7) is 14.4. The summed E-state index contributed by atoms with van der Waals surface area (Å²) in [6.07, 6.45) is 5.73. The molecule has 11 rings (SSSR count). The zero-order valence-corrected chi connectivity index (χ0v) is 34.9. The first-order valence-electron chi connectivity index (χ1n) is 21.0. The van der Waals surface area contributed by atoms with Gasteiger partial charge in [0, 0.05) is 48.1 Å². The summed E-state index contributed by atoms with van der Waals surface area (Å²) in [5.74, 6) is 0.963. The van der Waals surface area contributed by atoms with Crippen LogP contribution in [0, 0.1) is 47.3 Å². The topological polar surface area (TPSA) is 129 Å². The molecule has 2 spiro atoms. The van der Waals surface area contributed by atoms with Gasteiger partial charge in [-0.2, -0.15) is 0 Å². The van der Waals surface area contributed by atoms with E-state index in [1.807, 2.05) is 19.9 Å². The molecule has 16 atom stereocenters. The van der Waals surface area contributed by atoms with Crippen molar-refractivity contribution in [3.63, 3.8) is 0 Å². The number of guanidine groups is 1. The Morgan fingerprint density at radius 3 is 1.84 bits per heavy atom. The maximum absolute atomic E-state index is 6.62. The van der Waals surface area contributed by atoms with Crippen molar-refractivity contribution in [1.29, 1.82) is 0 Å². The molecule has 4 bridgehead atoms. The van der Waals surface area contributed by atoms with Crippen LogP contribution >= 0.6 is 23.2 Å². The summed E-state index contributed by atoms with van der Waals surface area (Å²) >= 11 is 12.8. The second-order valence-electron chi connectivity index (χ2n) is 18.2. The molecule has 10 aliphatic rings. The number of halogens is 2. The highest BCUT2D eigenvalue weighted by Gasteiger charge is 2.71. The fourth-order valence-corrected chi connectivity index (χ4v) is 12.1. The van der Waals surface area contributed by atoms with Crippen molar-refractivity contribution in [3.8, 4) is 0 Å². The minimum atomic E-state index is -0.836. The molecule has 0 aromatic heterocycles. The number of benzene rings is 1. The number of fused-ring (bicyclic) bond motifs is 4. The Balaban J connectivity index is 0.840. The van der Waals surface area contributed by atoms with Gasteiger partial charge in [0.2, 0.25) is 11.6 Å². The Morgan fingerprint density at radius 1 is 0.732 bits per heavy atom. The van der Waals surface area contributed by atoms with Gasteiger partial charge in [-0.05, 0) is 94.2 Å². The van der Waals surface area contributed by atoms with Gasteiger partial charge in [-0.1, -0.05) is 50.9 Å². The van der Waals surface area contributed by atoms with Gasteiger partial charge >= 0.3 is 0 Å². The van der Waals surface area contributed by atoms with Crippen LogP contribution in [0.1, 0.15) is 92.9 Å². The average Bonchev–Trinajstić information content (AvgIpc) is 3.54. The molecule has 56 heavy (non-hydrogen) atoms. The minimum Gasteiger partial charge on any atom is -0.354 e. The molecule has 15 heteroatoms. The number of hydrogen-bond donors (Lipinski definition) is 2. The van der Waals surface area contributed by atoms with Crippen LogP contribution < -0.4 is 10.6 Å². The van der Waals surface area contributed by atoms with Crippen molar-refractivity contribution in [1.82, 2.24) is 5.32 Å². The molecule has 1 aromatic rings. The molecule has 10 fully saturated rings. The molecule has 8 aliphatic heterocycles. The van der Waals surface area contributed by atoms with Crippen molar-refractivity contribution in [2.75, 3.05) is 31.6 Å². The second kappa shape index (κ2) is 15.3. The first kappa shape index (κ1) is 40.1. The first-order valence-corrected chi connectivity index (χ1v) is 21.7. The van der Waals surface area contributed by atoms with Crippen LogP contribution in [-0.2, 0) is 48.0 Å². The molecule has 2 N–H and O–H groups in total. The lowest BCUT2D eigenvalue weighted by Gasteiger charge is -2.60. The minimum absolute atomic E-state index is 0.0725. The van der Waals surface area contributed by atoms with E-state index in [1.54, 1.807) is 12.1 Å². The largest absolute Gasteiger partial charge is 0.354 e. The van der Waals surface area contributed by atoms with Crippen molar-refractivity contribution in [2.45, 2.75) is 141 Å². The number of anilines is 1. The maximum atomic E-state index is 6.62. The molecule has 0 amide bonds. The van der Waals surface area contributed by atoms with E-state index < -0.39 is 47.9 Å². The van der Waals surface area contributed by atoms with Crippen molar-refractivity contribution in [3.05, 3.63) is 28.2 Å². The van der Waals surface area contributed by atoms with Crippen LogP contribution in [0.3, 0.4) is 0 Å². The van der Waals surface area contributed by atoms with Crippen LogP contribution in [0.25, 0.3) is 0 Å². The van der Waals surface area contributed by atoms with E-state index in [9.17, 15) is 0 Å². The third kappa shape index (κ3) is 6.81. The molecule has 2 aliphatic carbocycles. The van der Waals surface area contributed by atoms with E-state index in [0.717, 1.165) is 51.4 Å². The highest BCUT2D eigenvalue weighted by Crippen LogP contribution is 2.62. The van der Waals surface area contributed by atoms with Gasteiger partial charge in [0.25, 0.3) is 0 Å². The maximum Gasteiger partial charge on any atom is 0.201 e. The number of hydrogen-bond acceptors (Lipinski definition) is 11. The van der Waals surface area contributed by atoms with Crippen LogP contribution in [0.4, 0.5) is 5.69 Å². The Bertz CT molecular complexity index is 1650. The van der Waals surface area contributed by atoms with Crippen LogP contribution in [0.5, 0.6) is 0 Å². The SMILES string of the molecule is C[C@H]1[C@@H](OCCN=C(NCCO[C@H]2O[C@@H]3O[C@]4(C)CC[C@H]5[C@H](C)CC[C@@H]([C@H]2C)[C@@]35OO4)Nc2ccc(Cl)cc2Cl)O[C@@H]2O[C@]3(C)CC[C@H]4[C@H](C)CC[C@@H]1[C@@]24OO3. The third-order valence-corrected chi connectivity index (χ3v) is 15.2. The molecule has 8 saturated heterocycles. The number of nitrogens with one attached hydrogen (secondary N) is 2. The lowest BCUT2D eigenvalue weighted by atomic mass is 9.58. The second-order valence-corrected chi connectivity index (χ2v) is 19.0. The Labute approximate surface area is 340 Å². The monoisotopic (exact) mass is 823 g/mol. The fraction of sp³-hybridized carbons (Fsp3) is 0.829. The highest BCUT2D eigenvalue weighted by molar-refractivity contribution is 6.36. The number of rotatable bonds is 9. The smallest absolute Gasteiger partial charge is 0.201 e. The van der Waals surface area contributed by atoms with E-state index in [1.165, 1.54) is 0 Å². The molecule has 13 nitrogen and oxygen atoms in total. The third-order valence-electron chi connectivity index (χ3n) is 14.7. The van der Waals surface area contributed by atoms with Gasteiger partial charge in [-0.3, -0.25) is 4.99 Å². The molecule has 312 valence electrons. The summed E-state index contributed by atoms with van der Waals surface area (Å²) in [6, 6.07) is 5.30. The molecule has 0 radical (unpaired) electrons. The van der Waals surface area contributed by atoms with Gasteiger partial charge < -0.3 is 39.1 Å². The normalized spacial score (nSPS) is 48.0. The standard InChI is InChI=1S/C41H59Cl2N3O10/c1-22-7-10-29-24(3)33(49-35-40(29)27(22)13-15-38(5,51-35)53-55-40)47-19-17-44-37(46-32-12-9-26(42)21-31(32)43)45-18-20-48-34-25(4)30-11-8-23(2)28-14-16-39(6)52-36(50-34)41(28,30)56-54-39/h9,12,21-25,27-30,33-36H,7-8,10-11,13-20H2,1-6H3,(H2,44,45,46)/t22-,23-,24-,25-,27+,28+,29+,30+,33+,34+,35-,36-,38+,39+,40-,41-/m1/s1. The number of ether oxygens (including phenoxy) is 6. The van der Waals surface area contributed by atoms with Crippen LogP contribution in [0.2, 0.25) is 10.0 Å². The predicted molar refractivity (Wildman–Crippen MR) is 206 cm³/mol. The highest BCUT2D eigenvalue weighted by atomic mass is 35.5. The van der Waals surface area contributed by atoms with Gasteiger partial charge in [0.1, 0.15) is 0 Å². The zero-order valence-electron chi connectivity index (χ0n) is 33.4. The van der Waals surface area contributed by atoms with E-state index >= 15 is 0 Å². The molecule has 8 heterocycles. The Morgan fingerprint density at radius 2 is 1.29 bits per heavy atom. The quantitative estimate of drug-likeness (QED) is 0.109. The lowest BCUT2D eigenvalue weighted by Crippen LogP contribution is -2.70. The Hall–Kier alpha value is -1.33. The molecule has 0 unspecified atom stereocenters. The van der Waals surface area contributed by atoms with Gasteiger partial charge in [0.15, 0.2) is 42.3 Å². The zero-order chi connectivity index (χ0) is 39.0. The van der Waals surface area contributed by atoms with Gasteiger partial charge in [0.05, 0.1) is 30.5 Å². The van der Waals surface area contributed by atoms with Gasteiger partial charge in [-0.15, -0.1) is 0 Å².